The molecule has 5 aliphatic heterocycles. The standard InChI is InChI=1S/C22H23ClFN3O2S.C14H15ClN2O3S.C13H13ClN2O3S.C13H11ClN2O3S.C13H13ClN2O2S/c1-29-19-5-6-27-21(17(23)12-26-27)16-10-20(30-22(16)19)18(28)9-14(11-25)7-13-3-2-4-15(24)8-13;1-3-20-14(18)11-6-8-12-9(15)7-16-17(12)5-4-10(19-2)13(8)21-11;2*1-2-19-13(18)10-5-7-11-8(14)6-15-16(11)4-3-9(17)12(7)20-10;1-2-18-13(17)11-6-8-10(19-11)4-3-5-16-12(8)9(14)7-15-16/h2-4,8,10,12,14,19H,5-7,9,11,25H2,1H3;6-7,10H,3-5H2,1-2H3;5-6,9,17H,2-4H2,1H3;5-6H,2-4H2,1H3;6-7H,2-5H2,1H3/t14-,19?;;;;/m1..../s1. The highest BCUT2D eigenvalue weighted by atomic mass is 35.5. The monoisotopic (exact) mass is 1690 g/mol. The third-order valence-corrected chi connectivity index (χ3v) is 25.7. The van der Waals surface area contributed by atoms with Gasteiger partial charge in [0.2, 0.25) is 0 Å². The zero-order chi connectivity index (χ0) is 78.2. The molecule has 11 aromatic rings. The molecule has 1 aromatic carbocycles. The minimum absolute atomic E-state index is 0.00196. The summed E-state index contributed by atoms with van der Waals surface area (Å²) in [6.45, 7) is 12.2. The van der Waals surface area contributed by atoms with Gasteiger partial charge in [0.25, 0.3) is 0 Å². The second-order valence-corrected chi connectivity index (χ2v) is 32.8. The molecule has 110 heavy (non-hydrogen) atoms. The molecule has 24 nitrogen and oxygen atoms in total. The van der Waals surface area contributed by atoms with Gasteiger partial charge in [-0.1, -0.05) is 70.1 Å². The minimum atomic E-state index is -0.615. The summed E-state index contributed by atoms with van der Waals surface area (Å²) < 4.78 is 54.0. The SMILES string of the molecule is CCOC(=O)c1cc2c(s1)C(=O)CCn1ncc(Cl)c1-2.CCOC(=O)c1cc2c(s1)C(O)CCn1ncc(Cl)c1-2.CCOC(=O)c1cc2c(s1)C(OC)CCn1ncc(Cl)c1-2.CCOC(=O)c1cc2c(s1)CCCn1ncc(Cl)c1-2.COC1CCn2ncc(Cl)c2-c2cc(C(=O)C[C@H](CN)Cc3cccc(F)c3)sc21. The number of aromatic nitrogens is 10. The third-order valence-electron chi connectivity index (χ3n) is 18.3. The number of rotatable bonds is 16. The van der Waals surface area contributed by atoms with Gasteiger partial charge >= 0.3 is 23.9 Å². The highest BCUT2D eigenvalue weighted by Gasteiger charge is 2.34. The molecule has 16 rings (SSSR count). The molecular weight excluding hydrogens is 1620 g/mol. The van der Waals surface area contributed by atoms with Crippen LogP contribution >= 0.6 is 115 Å². The van der Waals surface area contributed by atoms with Gasteiger partial charge in [-0.25, -0.2) is 23.6 Å². The van der Waals surface area contributed by atoms with Gasteiger partial charge in [-0.05, 0) is 127 Å². The lowest BCUT2D eigenvalue weighted by Crippen LogP contribution is -2.20. The van der Waals surface area contributed by atoms with Gasteiger partial charge < -0.3 is 39.3 Å². The average molecular weight is 1700 g/mol. The maximum atomic E-state index is 13.5. The molecule has 10 aromatic heterocycles. The Morgan fingerprint density at radius 2 is 0.918 bits per heavy atom. The number of benzene rings is 1. The van der Waals surface area contributed by atoms with Crippen LogP contribution < -0.4 is 5.73 Å². The fourth-order valence-electron chi connectivity index (χ4n) is 13.3. The fraction of sp³-hybridized carbons (Fsp3) is 0.373. The van der Waals surface area contributed by atoms with E-state index in [0.717, 1.165) is 115 Å². The van der Waals surface area contributed by atoms with E-state index in [0.29, 0.717) is 144 Å². The van der Waals surface area contributed by atoms with Crippen molar-refractivity contribution >= 4 is 150 Å². The Bertz CT molecular complexity index is 5200. The number of hydrogen-bond acceptors (Lipinski definition) is 24. The number of ketones is 2. The fourth-order valence-corrected chi connectivity index (χ4v) is 20.1. The predicted octanol–water partition coefficient (Wildman–Crippen LogP) is 17.7. The van der Waals surface area contributed by atoms with Crippen LogP contribution in [0.25, 0.3) is 56.3 Å². The number of methoxy groups -OCH3 is 2. The van der Waals surface area contributed by atoms with Gasteiger partial charge in [0, 0.05) is 107 Å². The lowest BCUT2D eigenvalue weighted by molar-refractivity contribution is 0.0522. The molecule has 0 amide bonds. The van der Waals surface area contributed by atoms with E-state index in [1.54, 1.807) is 93.5 Å². The van der Waals surface area contributed by atoms with Crippen LogP contribution in [-0.4, -0.2) is 137 Å². The second kappa shape index (κ2) is 36.8. The van der Waals surface area contributed by atoms with Gasteiger partial charge in [-0.15, -0.1) is 56.7 Å². The molecule has 0 aliphatic carbocycles. The van der Waals surface area contributed by atoms with Crippen molar-refractivity contribution in [2.75, 3.05) is 47.2 Å². The van der Waals surface area contributed by atoms with Gasteiger partial charge in [-0.3, -0.25) is 33.0 Å². The van der Waals surface area contributed by atoms with Gasteiger partial charge in [0.15, 0.2) is 11.6 Å². The Balaban J connectivity index is 0.000000129. The molecule has 0 radical (unpaired) electrons. The summed E-state index contributed by atoms with van der Waals surface area (Å²) in [6.07, 6.45) is 12.5. The summed E-state index contributed by atoms with van der Waals surface area (Å²) in [6, 6.07) is 15.4. The number of nitrogens with zero attached hydrogens (tertiary/aromatic N) is 10. The Kier molecular flexibility index (Phi) is 27.3. The first-order valence-electron chi connectivity index (χ1n) is 35.3. The van der Waals surface area contributed by atoms with Crippen molar-refractivity contribution in [2.45, 2.75) is 130 Å². The van der Waals surface area contributed by atoms with E-state index in [9.17, 15) is 38.3 Å². The molecule has 15 heterocycles. The number of halogens is 6. The number of Topliss-reactive ketones (excluding diaryl/α,β-unsaturated/α-hetero) is 2. The topological polar surface area (TPSA) is 293 Å². The Morgan fingerprint density at radius 3 is 1.40 bits per heavy atom. The number of thiophene rings is 5. The average Bonchev–Trinajstić information content (AvgIpc) is 1.39. The predicted molar refractivity (Wildman–Crippen MR) is 424 cm³/mol. The number of ether oxygens (including phenoxy) is 6. The number of hydrogen-bond donors (Lipinski definition) is 2. The van der Waals surface area contributed by atoms with E-state index in [1.165, 1.54) is 62.4 Å². The number of aliphatic hydroxyl groups is 1. The van der Waals surface area contributed by atoms with Crippen LogP contribution in [0.5, 0.6) is 0 Å². The summed E-state index contributed by atoms with van der Waals surface area (Å²) in [5, 5.41) is 34.3. The quantitative estimate of drug-likeness (QED) is 0.0516. The third kappa shape index (κ3) is 17.8. The van der Waals surface area contributed by atoms with E-state index in [2.05, 4.69) is 25.5 Å². The first kappa shape index (κ1) is 81.7. The molecule has 3 unspecified atom stereocenters. The van der Waals surface area contributed by atoms with Crippen LogP contribution in [0.2, 0.25) is 25.1 Å². The van der Waals surface area contributed by atoms with Crippen molar-refractivity contribution in [1.29, 1.82) is 0 Å². The summed E-state index contributed by atoms with van der Waals surface area (Å²) >= 11 is 38.0. The number of nitrogens with two attached hydrogens (primary N) is 1. The van der Waals surface area contributed by atoms with Gasteiger partial charge in [-0.2, -0.15) is 25.5 Å². The highest BCUT2D eigenvalue weighted by Crippen LogP contribution is 2.48. The summed E-state index contributed by atoms with van der Waals surface area (Å²) in [5.74, 6) is -1.68. The molecule has 580 valence electrons. The molecule has 0 fully saturated rings. The number of aliphatic hydroxyl groups excluding tert-OH is 1. The molecule has 3 N–H and O–H groups in total. The number of aryl methyl sites for hydroxylation is 6. The molecule has 0 saturated carbocycles. The van der Waals surface area contributed by atoms with Crippen LogP contribution in [0.15, 0.2) is 85.6 Å². The molecular formula is C75H75Cl5FN11O13S5. The van der Waals surface area contributed by atoms with Crippen molar-refractivity contribution in [3.8, 4) is 56.3 Å². The van der Waals surface area contributed by atoms with E-state index >= 15 is 0 Å². The molecule has 4 atom stereocenters. The summed E-state index contributed by atoms with van der Waals surface area (Å²) in [7, 11) is 3.35. The van der Waals surface area contributed by atoms with Gasteiger partial charge in [0.05, 0.1) is 139 Å². The largest absolute Gasteiger partial charge is 0.462 e. The van der Waals surface area contributed by atoms with E-state index in [4.69, 9.17) is 92.2 Å². The first-order chi connectivity index (χ1) is 53.1. The van der Waals surface area contributed by atoms with E-state index in [1.807, 2.05) is 45.2 Å². The maximum absolute atomic E-state index is 13.5. The number of fused-ring (bicyclic) bond motifs is 15. The Morgan fingerprint density at radius 1 is 0.518 bits per heavy atom. The van der Waals surface area contributed by atoms with Crippen LogP contribution in [0.1, 0.15) is 168 Å². The number of esters is 4. The normalized spacial score (nSPS) is 15.7. The Hall–Kier alpha value is -7.79. The smallest absolute Gasteiger partial charge is 0.348 e. The first-order valence-corrected chi connectivity index (χ1v) is 41.2. The van der Waals surface area contributed by atoms with Crippen LogP contribution in [0.3, 0.4) is 0 Å². The van der Waals surface area contributed by atoms with E-state index in [-0.39, 0.29) is 53.4 Å². The molecule has 0 saturated heterocycles. The lowest BCUT2D eigenvalue weighted by Gasteiger charge is -2.14. The van der Waals surface area contributed by atoms with E-state index < -0.39 is 12.1 Å². The molecule has 5 aliphatic rings. The molecule has 0 bridgehead atoms. The zero-order valence-electron chi connectivity index (χ0n) is 60.3. The number of carbonyl (C=O) groups excluding carboxylic acids is 6. The highest BCUT2D eigenvalue weighted by molar-refractivity contribution is 7.17. The van der Waals surface area contributed by atoms with Crippen LogP contribution in [0.4, 0.5) is 4.39 Å². The van der Waals surface area contributed by atoms with Gasteiger partial charge in [0.1, 0.15) is 25.3 Å². The van der Waals surface area contributed by atoms with Crippen LogP contribution in [-0.2, 0) is 74.0 Å². The summed E-state index contributed by atoms with van der Waals surface area (Å²) in [4.78, 5) is 79.9. The van der Waals surface area contributed by atoms with Crippen molar-refractivity contribution in [3.63, 3.8) is 0 Å². The second-order valence-electron chi connectivity index (χ2n) is 25.3. The lowest BCUT2D eigenvalue weighted by atomic mass is 9.93. The minimum Gasteiger partial charge on any atom is -0.462 e. The van der Waals surface area contributed by atoms with Crippen molar-refractivity contribution in [2.24, 2.45) is 11.7 Å². The maximum Gasteiger partial charge on any atom is 0.348 e. The summed E-state index contributed by atoms with van der Waals surface area (Å²) in [5.41, 5.74) is 15.1. The molecule has 0 spiro atoms. The molecule has 35 heteroatoms. The van der Waals surface area contributed by atoms with Crippen molar-refractivity contribution < 1.29 is 66.7 Å². The van der Waals surface area contributed by atoms with Crippen LogP contribution in [0, 0.1) is 11.7 Å². The zero-order valence-corrected chi connectivity index (χ0v) is 68.2. The van der Waals surface area contributed by atoms with Crippen molar-refractivity contribution in [1.82, 2.24) is 48.9 Å². The Labute approximate surface area is 676 Å². The number of carbonyl (C=O) groups is 6. The van der Waals surface area contributed by atoms with Crippen molar-refractivity contribution in [3.05, 3.63) is 171 Å².